The van der Waals surface area contributed by atoms with Gasteiger partial charge in [-0.2, -0.15) is 0 Å². The molecule has 0 fully saturated rings. The highest BCUT2D eigenvalue weighted by Crippen LogP contribution is 2.20. The first-order valence-corrected chi connectivity index (χ1v) is 7.39. The number of hydrogen-bond acceptors (Lipinski definition) is 5. The van der Waals surface area contributed by atoms with Crippen LogP contribution in [0.4, 0.5) is 11.4 Å². The van der Waals surface area contributed by atoms with Crippen LogP contribution in [0.2, 0.25) is 0 Å². The van der Waals surface area contributed by atoms with E-state index in [4.69, 9.17) is 17.0 Å². The van der Waals surface area contributed by atoms with Gasteiger partial charge < -0.3 is 20.1 Å². The number of ether oxygens (including phenoxy) is 2. The average molecular weight is 344 g/mol. The van der Waals surface area contributed by atoms with Gasteiger partial charge in [0.05, 0.1) is 31.0 Å². The van der Waals surface area contributed by atoms with Gasteiger partial charge in [0.25, 0.3) is 0 Å². The summed E-state index contributed by atoms with van der Waals surface area (Å²) in [4.78, 5) is 23.6. The number of carbonyl (C=O) groups is 2. The highest BCUT2D eigenvalue weighted by molar-refractivity contribution is 7.80. The lowest BCUT2D eigenvalue weighted by atomic mass is 10.1. The molecule has 0 aromatic heterocycles. The second kappa shape index (κ2) is 8.07. The third kappa shape index (κ3) is 4.30. The van der Waals surface area contributed by atoms with Gasteiger partial charge in [-0.05, 0) is 42.5 Å². The number of nitrogens with one attached hydrogen (secondary N) is 2. The fraction of sp³-hybridized carbons (Fsp3) is 0.118. The van der Waals surface area contributed by atoms with Crippen LogP contribution in [-0.2, 0) is 9.47 Å². The van der Waals surface area contributed by atoms with Crippen LogP contribution in [0.5, 0.6) is 0 Å². The Morgan fingerprint density at radius 2 is 1.58 bits per heavy atom. The summed E-state index contributed by atoms with van der Waals surface area (Å²) in [5, 5.41) is 6.17. The van der Waals surface area contributed by atoms with E-state index in [0.717, 1.165) is 5.69 Å². The second-order valence-corrected chi connectivity index (χ2v) is 5.10. The first-order valence-electron chi connectivity index (χ1n) is 6.99. The Morgan fingerprint density at radius 1 is 0.917 bits per heavy atom. The fourth-order valence-corrected chi connectivity index (χ4v) is 2.21. The molecule has 0 bridgehead atoms. The molecular weight excluding hydrogens is 328 g/mol. The van der Waals surface area contributed by atoms with E-state index >= 15 is 0 Å². The highest BCUT2D eigenvalue weighted by Gasteiger charge is 2.16. The largest absolute Gasteiger partial charge is 0.465 e. The quantitative estimate of drug-likeness (QED) is 0.652. The molecule has 0 amide bonds. The third-order valence-electron chi connectivity index (χ3n) is 3.13. The maximum atomic E-state index is 11.9. The van der Waals surface area contributed by atoms with Gasteiger partial charge in [-0.1, -0.05) is 18.2 Å². The summed E-state index contributed by atoms with van der Waals surface area (Å²) in [5.74, 6) is -1.06. The number of anilines is 2. The molecule has 0 spiro atoms. The summed E-state index contributed by atoms with van der Waals surface area (Å²) in [6, 6.07) is 13.8. The van der Waals surface area contributed by atoms with E-state index in [0.29, 0.717) is 5.69 Å². The fourth-order valence-electron chi connectivity index (χ4n) is 1.99. The molecule has 0 atom stereocenters. The van der Waals surface area contributed by atoms with Crippen LogP contribution in [0.25, 0.3) is 0 Å². The van der Waals surface area contributed by atoms with E-state index < -0.39 is 11.9 Å². The molecule has 0 saturated heterocycles. The van der Waals surface area contributed by atoms with Gasteiger partial charge in [0.15, 0.2) is 5.11 Å². The topological polar surface area (TPSA) is 76.7 Å². The zero-order valence-corrected chi connectivity index (χ0v) is 14.0. The normalized spacial score (nSPS) is 9.75. The van der Waals surface area contributed by atoms with Crippen LogP contribution < -0.4 is 10.6 Å². The van der Waals surface area contributed by atoms with Crippen molar-refractivity contribution in [2.45, 2.75) is 0 Å². The predicted octanol–water partition coefficient (Wildman–Crippen LogP) is 3.07. The van der Waals surface area contributed by atoms with Gasteiger partial charge in [-0.3, -0.25) is 0 Å². The van der Waals surface area contributed by atoms with E-state index in [-0.39, 0.29) is 16.2 Å². The average Bonchev–Trinajstić information content (AvgIpc) is 2.61. The Balaban J connectivity index is 2.26. The molecule has 2 aromatic rings. The van der Waals surface area contributed by atoms with Crippen LogP contribution in [0.3, 0.4) is 0 Å². The van der Waals surface area contributed by atoms with E-state index in [1.807, 2.05) is 30.3 Å². The molecule has 0 aliphatic carbocycles. The molecule has 2 aromatic carbocycles. The second-order valence-electron chi connectivity index (χ2n) is 4.69. The number of hydrogen-bond donors (Lipinski definition) is 2. The van der Waals surface area contributed by atoms with Crippen molar-refractivity contribution >= 4 is 40.6 Å². The molecule has 0 aliphatic rings. The highest BCUT2D eigenvalue weighted by atomic mass is 32.1. The molecule has 0 saturated carbocycles. The number of carbonyl (C=O) groups excluding carboxylic acids is 2. The van der Waals surface area contributed by atoms with Crippen LogP contribution in [0, 0.1) is 0 Å². The van der Waals surface area contributed by atoms with Crippen molar-refractivity contribution in [2.75, 3.05) is 24.9 Å². The summed E-state index contributed by atoms with van der Waals surface area (Å²) in [6.07, 6.45) is 0. The molecule has 2 N–H and O–H groups in total. The summed E-state index contributed by atoms with van der Waals surface area (Å²) < 4.78 is 9.43. The number of rotatable bonds is 4. The summed E-state index contributed by atoms with van der Waals surface area (Å²) in [6.45, 7) is 0. The Bertz CT molecular complexity index is 762. The van der Waals surface area contributed by atoms with Gasteiger partial charge in [0.2, 0.25) is 0 Å². The van der Waals surface area contributed by atoms with Gasteiger partial charge in [-0.25, -0.2) is 9.59 Å². The minimum Gasteiger partial charge on any atom is -0.465 e. The Hall–Kier alpha value is -2.93. The van der Waals surface area contributed by atoms with E-state index in [1.165, 1.54) is 32.4 Å². The number of thiocarbonyl (C=S) groups is 1. The molecular formula is C17H16N2O4S. The lowest BCUT2D eigenvalue weighted by Gasteiger charge is -2.14. The van der Waals surface area contributed by atoms with E-state index in [1.54, 1.807) is 0 Å². The molecule has 0 heterocycles. The van der Waals surface area contributed by atoms with Crippen LogP contribution in [-0.4, -0.2) is 31.3 Å². The van der Waals surface area contributed by atoms with Gasteiger partial charge in [0, 0.05) is 5.69 Å². The van der Waals surface area contributed by atoms with Gasteiger partial charge >= 0.3 is 11.9 Å². The molecule has 0 unspecified atom stereocenters. The van der Waals surface area contributed by atoms with Crippen LogP contribution >= 0.6 is 12.2 Å². The molecule has 0 radical (unpaired) electrons. The van der Waals surface area contributed by atoms with Crippen molar-refractivity contribution in [1.82, 2.24) is 0 Å². The number of methoxy groups -OCH3 is 2. The maximum Gasteiger partial charge on any atom is 0.339 e. The smallest absolute Gasteiger partial charge is 0.339 e. The minimum absolute atomic E-state index is 0.252. The summed E-state index contributed by atoms with van der Waals surface area (Å²) >= 11 is 5.25. The summed E-state index contributed by atoms with van der Waals surface area (Å²) in [5.41, 5.74) is 1.68. The van der Waals surface area contributed by atoms with Crippen molar-refractivity contribution in [1.29, 1.82) is 0 Å². The summed E-state index contributed by atoms with van der Waals surface area (Å²) in [7, 11) is 2.56. The molecule has 124 valence electrons. The van der Waals surface area contributed by atoms with Crippen molar-refractivity contribution in [3.63, 3.8) is 0 Å². The molecule has 24 heavy (non-hydrogen) atoms. The van der Waals surface area contributed by atoms with Crippen molar-refractivity contribution < 1.29 is 19.1 Å². The maximum absolute atomic E-state index is 11.9. The molecule has 0 aliphatic heterocycles. The van der Waals surface area contributed by atoms with Crippen LogP contribution in [0.15, 0.2) is 48.5 Å². The number of benzene rings is 2. The molecule has 7 heteroatoms. The molecule has 6 nitrogen and oxygen atoms in total. The van der Waals surface area contributed by atoms with Gasteiger partial charge in [-0.15, -0.1) is 0 Å². The van der Waals surface area contributed by atoms with Gasteiger partial charge in [0.1, 0.15) is 0 Å². The van der Waals surface area contributed by atoms with E-state index in [2.05, 4.69) is 15.4 Å². The molecule has 2 rings (SSSR count). The number of esters is 2. The Kier molecular flexibility index (Phi) is 5.86. The zero-order valence-electron chi connectivity index (χ0n) is 13.2. The van der Waals surface area contributed by atoms with Crippen molar-refractivity contribution in [2.24, 2.45) is 0 Å². The van der Waals surface area contributed by atoms with Crippen molar-refractivity contribution in [3.8, 4) is 0 Å². The first kappa shape index (κ1) is 17.4. The van der Waals surface area contributed by atoms with Crippen molar-refractivity contribution in [3.05, 3.63) is 59.7 Å². The third-order valence-corrected chi connectivity index (χ3v) is 3.33. The number of para-hydroxylation sites is 1. The Morgan fingerprint density at radius 3 is 2.21 bits per heavy atom. The SMILES string of the molecule is COC(=O)c1ccc(C(=O)OC)c(NC(=S)Nc2ccccc2)c1. The lowest BCUT2D eigenvalue weighted by Crippen LogP contribution is -2.21. The zero-order chi connectivity index (χ0) is 17.5. The Labute approximate surface area is 144 Å². The standard InChI is InChI=1S/C17H16N2O4S/c1-22-15(20)11-8-9-13(16(21)23-2)14(10-11)19-17(24)18-12-6-4-3-5-7-12/h3-10H,1-2H3,(H2,18,19,24). The minimum atomic E-state index is -0.545. The monoisotopic (exact) mass is 344 g/mol. The van der Waals surface area contributed by atoms with Crippen LogP contribution in [0.1, 0.15) is 20.7 Å². The lowest BCUT2D eigenvalue weighted by molar-refractivity contribution is 0.0587. The predicted molar refractivity (Wildman–Crippen MR) is 95.4 cm³/mol. The first-order chi connectivity index (χ1) is 11.5. The van der Waals surface area contributed by atoms with E-state index in [9.17, 15) is 9.59 Å².